The summed E-state index contributed by atoms with van der Waals surface area (Å²) in [5.41, 5.74) is -3.58. The molecule has 0 aromatic heterocycles. The van der Waals surface area contributed by atoms with E-state index in [-0.39, 0.29) is 17.9 Å². The monoisotopic (exact) mass is 446 g/mol. The minimum Gasteiger partial charge on any atom is -0.463 e. The molecule has 3 aromatic rings. The van der Waals surface area contributed by atoms with Gasteiger partial charge in [-0.15, -0.1) is 0 Å². The van der Waals surface area contributed by atoms with E-state index in [1.807, 2.05) is 30.3 Å². The van der Waals surface area contributed by atoms with E-state index in [9.17, 15) is 27.9 Å². The number of rotatable bonds is 5. The molecule has 1 atom stereocenters. The molecule has 0 unspecified atom stereocenters. The Morgan fingerprint density at radius 3 is 2.28 bits per heavy atom. The molecule has 0 spiro atoms. The van der Waals surface area contributed by atoms with Gasteiger partial charge in [-0.2, -0.15) is 13.2 Å². The Balaban J connectivity index is 1.80. The zero-order valence-electron chi connectivity index (χ0n) is 17.3. The number of hydrogen-bond acceptors (Lipinski definition) is 4. The fourth-order valence-corrected chi connectivity index (χ4v) is 3.21. The second-order valence-corrected chi connectivity index (χ2v) is 7.10. The number of urea groups is 1. The smallest absolute Gasteiger partial charge is 0.432 e. The van der Waals surface area contributed by atoms with Crippen molar-refractivity contribution in [3.8, 4) is 0 Å². The van der Waals surface area contributed by atoms with Gasteiger partial charge in [0.2, 0.25) is 0 Å². The summed E-state index contributed by atoms with van der Waals surface area (Å²) in [5.74, 6) is -1.82. The average molecular weight is 446 g/mol. The van der Waals surface area contributed by atoms with Crippen LogP contribution in [-0.2, 0) is 15.1 Å². The number of esters is 1. The molecule has 9 heteroatoms. The summed E-state index contributed by atoms with van der Waals surface area (Å²) in [6.07, 6.45) is -5.30. The highest BCUT2D eigenvalue weighted by Gasteiger charge is 2.62. The van der Waals surface area contributed by atoms with E-state index in [1.54, 1.807) is 12.1 Å². The number of carbonyl (C=O) groups excluding carboxylic acids is 2. The van der Waals surface area contributed by atoms with Crippen molar-refractivity contribution in [3.05, 3.63) is 71.8 Å². The minimum atomic E-state index is -5.30. The summed E-state index contributed by atoms with van der Waals surface area (Å²) >= 11 is 0. The van der Waals surface area contributed by atoms with Gasteiger partial charge < -0.3 is 20.5 Å². The number of aliphatic hydroxyl groups is 1. The zero-order chi connectivity index (χ0) is 23.5. The summed E-state index contributed by atoms with van der Waals surface area (Å²) in [4.78, 5) is 24.3. The van der Waals surface area contributed by atoms with Gasteiger partial charge in [-0.1, -0.05) is 42.5 Å². The first-order valence-electron chi connectivity index (χ1n) is 9.70. The maximum absolute atomic E-state index is 13.5. The molecule has 0 fully saturated rings. The lowest BCUT2D eigenvalue weighted by Gasteiger charge is -2.29. The predicted octanol–water partition coefficient (Wildman–Crippen LogP) is 5.11. The van der Waals surface area contributed by atoms with Crippen LogP contribution in [-0.4, -0.2) is 29.9 Å². The molecule has 0 aliphatic carbocycles. The molecule has 32 heavy (non-hydrogen) atoms. The van der Waals surface area contributed by atoms with Crippen LogP contribution in [0.3, 0.4) is 0 Å². The van der Waals surface area contributed by atoms with E-state index >= 15 is 0 Å². The highest BCUT2D eigenvalue weighted by atomic mass is 19.4. The number of fused-ring (bicyclic) bond motifs is 1. The van der Waals surface area contributed by atoms with Crippen molar-refractivity contribution in [3.63, 3.8) is 0 Å². The zero-order valence-corrected chi connectivity index (χ0v) is 17.3. The molecule has 0 bridgehead atoms. The summed E-state index contributed by atoms with van der Waals surface area (Å²) in [7, 11) is 0. The molecule has 0 heterocycles. The number of nitrogens with one attached hydrogen (secondary N) is 2. The highest BCUT2D eigenvalue weighted by molar-refractivity contribution is 6.01. The van der Waals surface area contributed by atoms with Gasteiger partial charge in [0.25, 0.3) is 5.60 Å². The second kappa shape index (κ2) is 8.88. The molecule has 3 aromatic carbocycles. The molecule has 168 valence electrons. The van der Waals surface area contributed by atoms with Gasteiger partial charge in [-0.3, -0.25) is 0 Å². The van der Waals surface area contributed by atoms with Gasteiger partial charge >= 0.3 is 18.2 Å². The molecule has 3 N–H and O–H groups in total. The SMILES string of the molecule is CCOC(=O)[C@@](O)(c1ccc(NC(=O)Nc2ccc3ccccc3c2)c(C)c1)C(F)(F)F. The molecular weight excluding hydrogens is 425 g/mol. The van der Waals surface area contributed by atoms with Gasteiger partial charge in [-0.05, 0) is 48.4 Å². The second-order valence-electron chi connectivity index (χ2n) is 7.10. The molecule has 3 rings (SSSR count). The van der Waals surface area contributed by atoms with E-state index in [0.29, 0.717) is 5.69 Å². The van der Waals surface area contributed by atoms with Crippen LogP contribution in [0.5, 0.6) is 0 Å². The Morgan fingerprint density at radius 2 is 1.66 bits per heavy atom. The van der Waals surface area contributed by atoms with Crippen LogP contribution in [0, 0.1) is 6.92 Å². The van der Waals surface area contributed by atoms with E-state index in [0.717, 1.165) is 22.9 Å². The number of anilines is 2. The largest absolute Gasteiger partial charge is 0.463 e. The topological polar surface area (TPSA) is 87.7 Å². The summed E-state index contributed by atoms with van der Waals surface area (Å²) < 4.78 is 45.0. The van der Waals surface area contributed by atoms with E-state index < -0.39 is 29.3 Å². The molecule has 2 amide bonds. The lowest BCUT2D eigenvalue weighted by molar-refractivity contribution is -0.267. The number of ether oxygens (including phenoxy) is 1. The lowest BCUT2D eigenvalue weighted by Crippen LogP contribution is -2.50. The number of halogens is 3. The lowest BCUT2D eigenvalue weighted by atomic mass is 9.91. The maximum atomic E-state index is 13.5. The van der Waals surface area contributed by atoms with Crippen LogP contribution < -0.4 is 10.6 Å². The van der Waals surface area contributed by atoms with Crippen LogP contribution in [0.1, 0.15) is 18.1 Å². The molecule has 0 aliphatic rings. The van der Waals surface area contributed by atoms with Crippen molar-refractivity contribution in [2.75, 3.05) is 17.2 Å². The summed E-state index contributed by atoms with van der Waals surface area (Å²) in [6, 6.07) is 15.4. The van der Waals surface area contributed by atoms with Crippen LogP contribution in [0.4, 0.5) is 29.3 Å². The molecule has 0 aliphatic heterocycles. The Kier molecular flexibility index (Phi) is 6.40. The van der Waals surface area contributed by atoms with Crippen LogP contribution >= 0.6 is 0 Å². The van der Waals surface area contributed by atoms with Crippen LogP contribution in [0.25, 0.3) is 10.8 Å². The van der Waals surface area contributed by atoms with Gasteiger partial charge in [0.05, 0.1) is 6.61 Å². The number of alkyl halides is 3. The molecule has 0 saturated heterocycles. The molecule has 0 saturated carbocycles. The van der Waals surface area contributed by atoms with Crippen molar-refractivity contribution in [1.29, 1.82) is 0 Å². The van der Waals surface area contributed by atoms with Gasteiger partial charge in [-0.25, -0.2) is 9.59 Å². The Hall–Kier alpha value is -3.59. The highest BCUT2D eigenvalue weighted by Crippen LogP contribution is 2.41. The summed E-state index contributed by atoms with van der Waals surface area (Å²) in [5, 5.41) is 17.3. The van der Waals surface area contributed by atoms with Crippen molar-refractivity contribution >= 4 is 34.1 Å². The first-order chi connectivity index (χ1) is 15.1. The van der Waals surface area contributed by atoms with E-state index in [1.165, 1.54) is 19.9 Å². The number of aryl methyl sites for hydroxylation is 1. The third kappa shape index (κ3) is 4.52. The van der Waals surface area contributed by atoms with E-state index in [4.69, 9.17) is 0 Å². The Labute approximate surface area is 182 Å². The van der Waals surface area contributed by atoms with Crippen molar-refractivity contribution in [2.45, 2.75) is 25.6 Å². The average Bonchev–Trinajstić information content (AvgIpc) is 2.73. The number of carbonyl (C=O) groups is 2. The number of hydrogen-bond donors (Lipinski definition) is 3. The third-order valence-corrected chi connectivity index (χ3v) is 4.88. The predicted molar refractivity (Wildman–Crippen MR) is 114 cm³/mol. The Morgan fingerprint density at radius 1 is 0.969 bits per heavy atom. The fourth-order valence-electron chi connectivity index (χ4n) is 3.21. The van der Waals surface area contributed by atoms with Gasteiger partial charge in [0, 0.05) is 16.9 Å². The maximum Gasteiger partial charge on any atom is 0.432 e. The molecule has 0 radical (unpaired) electrons. The normalized spacial score (nSPS) is 13.3. The van der Waals surface area contributed by atoms with Gasteiger partial charge in [0.1, 0.15) is 0 Å². The quantitative estimate of drug-likeness (QED) is 0.476. The molecule has 6 nitrogen and oxygen atoms in total. The molecular formula is C23H21F3N2O4. The van der Waals surface area contributed by atoms with Gasteiger partial charge in [0.15, 0.2) is 0 Å². The summed E-state index contributed by atoms with van der Waals surface area (Å²) in [6.45, 7) is 2.45. The van der Waals surface area contributed by atoms with Crippen LogP contribution in [0.2, 0.25) is 0 Å². The minimum absolute atomic E-state index is 0.209. The first-order valence-corrected chi connectivity index (χ1v) is 9.70. The van der Waals surface area contributed by atoms with Crippen molar-refractivity contribution < 1.29 is 32.6 Å². The Bertz CT molecular complexity index is 1160. The number of amides is 2. The fraction of sp³-hybridized carbons (Fsp3) is 0.217. The third-order valence-electron chi connectivity index (χ3n) is 4.88. The van der Waals surface area contributed by atoms with Crippen molar-refractivity contribution in [1.82, 2.24) is 0 Å². The van der Waals surface area contributed by atoms with E-state index in [2.05, 4.69) is 15.4 Å². The standard InChI is InChI=1S/C23H21F3N2O4/c1-3-32-20(29)22(31,23(24,25)26)17-9-11-19(14(2)12-17)28-21(30)27-18-10-8-15-6-4-5-7-16(15)13-18/h4-13,31H,3H2,1-2H3,(H2,27,28,30)/t22-/m0/s1. The number of benzene rings is 3. The van der Waals surface area contributed by atoms with Crippen LogP contribution in [0.15, 0.2) is 60.7 Å². The van der Waals surface area contributed by atoms with Crippen molar-refractivity contribution in [2.24, 2.45) is 0 Å². The first kappa shape index (κ1) is 23.1.